The number of hydrogen-bond acceptors (Lipinski definition) is 5. The number of ether oxygens (including phenoxy) is 3. The number of esters is 1. The molecule has 30 heavy (non-hydrogen) atoms. The molecule has 5 heteroatoms. The van der Waals surface area contributed by atoms with E-state index in [0.717, 1.165) is 28.3 Å². The Morgan fingerprint density at radius 2 is 1.77 bits per heavy atom. The molecule has 0 aromatic heterocycles. The fourth-order valence-corrected chi connectivity index (χ4v) is 3.23. The van der Waals surface area contributed by atoms with Crippen molar-refractivity contribution < 1.29 is 19.0 Å². The van der Waals surface area contributed by atoms with Gasteiger partial charge in [0.2, 0.25) is 5.90 Å². The molecule has 0 amide bonds. The molecular weight excluding hydrogens is 378 g/mol. The third-order valence-corrected chi connectivity index (χ3v) is 4.65. The highest BCUT2D eigenvalue weighted by molar-refractivity contribution is 6.13. The van der Waals surface area contributed by atoms with Crippen molar-refractivity contribution in [2.45, 2.75) is 20.3 Å². The molecule has 0 bridgehead atoms. The lowest BCUT2D eigenvalue weighted by Crippen LogP contribution is -2.05. The SMILES string of the molecule is CCCOc1ccc(/C=C2\N=C(c3ccc4ccccc4c3)OC2=O)cc1OCC. The van der Waals surface area contributed by atoms with Crippen molar-refractivity contribution in [2.75, 3.05) is 13.2 Å². The van der Waals surface area contributed by atoms with Crippen LogP contribution in [-0.4, -0.2) is 25.1 Å². The Bertz CT molecular complexity index is 1150. The van der Waals surface area contributed by atoms with Crippen molar-refractivity contribution in [1.29, 1.82) is 0 Å². The summed E-state index contributed by atoms with van der Waals surface area (Å²) in [6.45, 7) is 5.11. The van der Waals surface area contributed by atoms with Crippen LogP contribution in [0.4, 0.5) is 0 Å². The van der Waals surface area contributed by atoms with Crippen molar-refractivity contribution in [3.8, 4) is 11.5 Å². The second-order valence-electron chi connectivity index (χ2n) is 6.89. The third kappa shape index (κ3) is 4.20. The monoisotopic (exact) mass is 401 g/mol. The van der Waals surface area contributed by atoms with E-state index in [0.29, 0.717) is 30.6 Å². The Morgan fingerprint density at radius 1 is 0.933 bits per heavy atom. The molecule has 0 N–H and O–H groups in total. The molecule has 3 aromatic carbocycles. The molecule has 0 radical (unpaired) electrons. The van der Waals surface area contributed by atoms with Gasteiger partial charge >= 0.3 is 5.97 Å². The normalized spacial score (nSPS) is 14.7. The number of hydrogen-bond donors (Lipinski definition) is 0. The van der Waals surface area contributed by atoms with Crippen LogP contribution in [0, 0.1) is 0 Å². The number of nitrogens with zero attached hydrogens (tertiary/aromatic N) is 1. The number of carbonyl (C=O) groups is 1. The van der Waals surface area contributed by atoms with Gasteiger partial charge in [-0.15, -0.1) is 0 Å². The third-order valence-electron chi connectivity index (χ3n) is 4.65. The molecule has 152 valence electrons. The molecule has 5 nitrogen and oxygen atoms in total. The molecule has 0 spiro atoms. The summed E-state index contributed by atoms with van der Waals surface area (Å²) in [7, 11) is 0. The predicted octanol–water partition coefficient (Wildman–Crippen LogP) is 5.37. The lowest BCUT2D eigenvalue weighted by Gasteiger charge is -2.12. The molecule has 0 atom stereocenters. The van der Waals surface area contributed by atoms with Gasteiger partial charge in [0, 0.05) is 5.56 Å². The summed E-state index contributed by atoms with van der Waals surface area (Å²) in [4.78, 5) is 16.8. The van der Waals surface area contributed by atoms with Gasteiger partial charge in [-0.05, 0) is 60.0 Å². The summed E-state index contributed by atoms with van der Waals surface area (Å²) in [6, 6.07) is 19.5. The van der Waals surface area contributed by atoms with E-state index in [2.05, 4.69) is 11.9 Å². The first-order valence-electron chi connectivity index (χ1n) is 10.1. The van der Waals surface area contributed by atoms with Crippen LogP contribution >= 0.6 is 0 Å². The zero-order valence-electron chi connectivity index (χ0n) is 17.1. The molecule has 1 aliphatic rings. The Hall–Kier alpha value is -3.60. The summed E-state index contributed by atoms with van der Waals surface area (Å²) >= 11 is 0. The molecule has 0 saturated carbocycles. The average Bonchev–Trinajstić information content (AvgIpc) is 3.13. The fourth-order valence-electron chi connectivity index (χ4n) is 3.23. The maximum atomic E-state index is 12.4. The lowest BCUT2D eigenvalue weighted by molar-refractivity contribution is -0.129. The summed E-state index contributed by atoms with van der Waals surface area (Å²) in [5, 5.41) is 2.19. The van der Waals surface area contributed by atoms with E-state index in [-0.39, 0.29) is 5.70 Å². The molecule has 1 heterocycles. The summed E-state index contributed by atoms with van der Waals surface area (Å²) in [6.07, 6.45) is 2.61. The second-order valence-corrected chi connectivity index (χ2v) is 6.89. The van der Waals surface area contributed by atoms with E-state index in [1.807, 2.05) is 67.6 Å². The van der Waals surface area contributed by atoms with Crippen molar-refractivity contribution in [3.63, 3.8) is 0 Å². The van der Waals surface area contributed by atoms with Gasteiger partial charge < -0.3 is 14.2 Å². The largest absolute Gasteiger partial charge is 0.490 e. The maximum absolute atomic E-state index is 12.4. The van der Waals surface area contributed by atoms with Crippen molar-refractivity contribution in [1.82, 2.24) is 0 Å². The maximum Gasteiger partial charge on any atom is 0.363 e. The second kappa shape index (κ2) is 8.82. The number of aliphatic imine (C=N–C) groups is 1. The highest BCUT2D eigenvalue weighted by Crippen LogP contribution is 2.30. The van der Waals surface area contributed by atoms with Gasteiger partial charge in [-0.2, -0.15) is 0 Å². The van der Waals surface area contributed by atoms with E-state index in [1.54, 1.807) is 6.08 Å². The Kier molecular flexibility index (Phi) is 5.80. The van der Waals surface area contributed by atoms with Gasteiger partial charge in [-0.3, -0.25) is 0 Å². The van der Waals surface area contributed by atoms with Crippen LogP contribution in [0.2, 0.25) is 0 Å². The van der Waals surface area contributed by atoms with Gasteiger partial charge in [0.1, 0.15) is 0 Å². The quantitative estimate of drug-likeness (QED) is 0.394. The van der Waals surface area contributed by atoms with Crippen molar-refractivity contribution in [2.24, 2.45) is 4.99 Å². The van der Waals surface area contributed by atoms with Crippen LogP contribution in [0.15, 0.2) is 71.4 Å². The lowest BCUT2D eigenvalue weighted by atomic mass is 10.1. The van der Waals surface area contributed by atoms with Crippen LogP contribution in [-0.2, 0) is 9.53 Å². The first kappa shape index (κ1) is 19.7. The molecule has 0 saturated heterocycles. The van der Waals surface area contributed by atoms with Crippen molar-refractivity contribution in [3.05, 3.63) is 77.5 Å². The molecule has 0 aliphatic carbocycles. The molecule has 3 aromatic rings. The van der Waals surface area contributed by atoms with E-state index in [9.17, 15) is 4.79 Å². The number of fused-ring (bicyclic) bond motifs is 1. The molecule has 4 rings (SSSR count). The summed E-state index contributed by atoms with van der Waals surface area (Å²) in [5.41, 5.74) is 1.81. The van der Waals surface area contributed by atoms with Crippen molar-refractivity contribution >= 4 is 28.7 Å². The Morgan fingerprint density at radius 3 is 2.57 bits per heavy atom. The van der Waals surface area contributed by atoms with Crippen LogP contribution < -0.4 is 9.47 Å². The van der Waals surface area contributed by atoms with E-state index in [4.69, 9.17) is 14.2 Å². The van der Waals surface area contributed by atoms with Gasteiger partial charge in [0.25, 0.3) is 0 Å². The topological polar surface area (TPSA) is 57.1 Å². The Labute approximate surface area is 175 Å². The fraction of sp³-hybridized carbons (Fsp3) is 0.200. The minimum Gasteiger partial charge on any atom is -0.490 e. The molecule has 1 aliphatic heterocycles. The van der Waals surface area contributed by atoms with Gasteiger partial charge in [-0.1, -0.05) is 43.3 Å². The van der Waals surface area contributed by atoms with E-state index in [1.165, 1.54) is 0 Å². The van der Waals surface area contributed by atoms with Crippen LogP contribution in [0.5, 0.6) is 11.5 Å². The van der Waals surface area contributed by atoms with Crippen LogP contribution in [0.1, 0.15) is 31.4 Å². The number of carbonyl (C=O) groups excluding carboxylic acids is 1. The summed E-state index contributed by atoms with van der Waals surface area (Å²) < 4.78 is 16.8. The highest BCUT2D eigenvalue weighted by Gasteiger charge is 2.24. The van der Waals surface area contributed by atoms with E-state index >= 15 is 0 Å². The predicted molar refractivity (Wildman–Crippen MR) is 118 cm³/mol. The smallest absolute Gasteiger partial charge is 0.363 e. The summed E-state index contributed by atoms with van der Waals surface area (Å²) in [5.74, 6) is 1.17. The average molecular weight is 401 g/mol. The van der Waals surface area contributed by atoms with Crippen LogP contribution in [0.25, 0.3) is 16.8 Å². The number of benzene rings is 3. The van der Waals surface area contributed by atoms with E-state index < -0.39 is 5.97 Å². The number of cyclic esters (lactones) is 1. The van der Waals surface area contributed by atoms with Gasteiger partial charge in [0.05, 0.1) is 13.2 Å². The van der Waals surface area contributed by atoms with Gasteiger partial charge in [-0.25, -0.2) is 9.79 Å². The standard InChI is InChI=1S/C25H23NO4/c1-3-13-29-22-12-9-17(15-23(22)28-4-2)14-21-25(27)30-24(26-21)20-11-10-18-7-5-6-8-19(18)16-20/h5-12,14-16H,3-4,13H2,1-2H3/b21-14-. The first-order valence-corrected chi connectivity index (χ1v) is 10.1. The molecular formula is C25H23NO4. The highest BCUT2D eigenvalue weighted by atomic mass is 16.6. The first-order chi connectivity index (χ1) is 14.7. The minimum absolute atomic E-state index is 0.253. The zero-order chi connectivity index (χ0) is 20.9. The van der Waals surface area contributed by atoms with Gasteiger partial charge in [0.15, 0.2) is 17.2 Å². The Balaban J connectivity index is 1.63. The zero-order valence-corrected chi connectivity index (χ0v) is 17.1. The van der Waals surface area contributed by atoms with Crippen LogP contribution in [0.3, 0.4) is 0 Å². The minimum atomic E-state index is -0.470. The number of rotatable bonds is 7. The molecule has 0 fully saturated rings. The molecule has 0 unspecified atom stereocenters.